The summed E-state index contributed by atoms with van der Waals surface area (Å²) in [5.41, 5.74) is 2.50. The molecule has 1 N–H and O–H groups in total. The first-order valence-corrected chi connectivity index (χ1v) is 8.17. The first-order valence-electron chi connectivity index (χ1n) is 8.17. The molecule has 3 nitrogen and oxygen atoms in total. The third-order valence-corrected chi connectivity index (χ3v) is 4.55. The highest BCUT2D eigenvalue weighted by molar-refractivity contribution is 5.76. The summed E-state index contributed by atoms with van der Waals surface area (Å²) in [5, 5.41) is 9.25. The van der Waals surface area contributed by atoms with E-state index in [1.165, 1.54) is 30.4 Å². The van der Waals surface area contributed by atoms with Crippen LogP contribution < -0.4 is 0 Å². The summed E-state index contributed by atoms with van der Waals surface area (Å²) in [5.74, 6) is 0.194. The molecule has 1 amide bonds. The van der Waals surface area contributed by atoms with Crippen molar-refractivity contribution in [3.63, 3.8) is 0 Å². The average Bonchev–Trinajstić information content (AvgIpc) is 2.52. The summed E-state index contributed by atoms with van der Waals surface area (Å²) < 4.78 is 0. The summed E-state index contributed by atoms with van der Waals surface area (Å²) in [4.78, 5) is 14.5. The second-order valence-electron chi connectivity index (χ2n) is 6.03. The molecule has 3 heteroatoms. The van der Waals surface area contributed by atoms with E-state index in [2.05, 4.69) is 19.1 Å². The summed E-state index contributed by atoms with van der Waals surface area (Å²) in [6, 6.07) is 8.59. The van der Waals surface area contributed by atoms with Crippen LogP contribution in [0.1, 0.15) is 49.7 Å². The molecule has 0 atom stereocenters. The van der Waals surface area contributed by atoms with Crippen LogP contribution in [0.5, 0.6) is 0 Å². The largest absolute Gasteiger partial charge is 0.395 e. The Balaban J connectivity index is 1.93. The smallest absolute Gasteiger partial charge is 0.223 e. The van der Waals surface area contributed by atoms with Gasteiger partial charge in [0.15, 0.2) is 0 Å². The molecular weight excluding hydrogens is 262 g/mol. The van der Waals surface area contributed by atoms with Crippen LogP contribution in [-0.4, -0.2) is 35.1 Å². The Labute approximate surface area is 128 Å². The zero-order chi connectivity index (χ0) is 15.1. The summed E-state index contributed by atoms with van der Waals surface area (Å²) >= 11 is 0. The van der Waals surface area contributed by atoms with Gasteiger partial charge in [0.25, 0.3) is 0 Å². The molecule has 1 aromatic rings. The van der Waals surface area contributed by atoms with Crippen LogP contribution in [-0.2, 0) is 11.2 Å². The molecule has 1 aliphatic rings. The maximum atomic E-state index is 12.5. The van der Waals surface area contributed by atoms with Crippen molar-refractivity contribution in [2.24, 2.45) is 0 Å². The van der Waals surface area contributed by atoms with Crippen LogP contribution >= 0.6 is 0 Å². The second-order valence-corrected chi connectivity index (χ2v) is 6.03. The number of hydrogen-bond donors (Lipinski definition) is 1. The lowest BCUT2D eigenvalue weighted by molar-refractivity contribution is -0.134. The molecule has 0 aromatic heterocycles. The van der Waals surface area contributed by atoms with Gasteiger partial charge in [0.2, 0.25) is 5.91 Å². The van der Waals surface area contributed by atoms with E-state index < -0.39 is 0 Å². The van der Waals surface area contributed by atoms with Gasteiger partial charge in [0.05, 0.1) is 6.61 Å². The first-order chi connectivity index (χ1) is 10.2. The number of amides is 1. The fourth-order valence-corrected chi connectivity index (χ4v) is 3.29. The highest BCUT2D eigenvalue weighted by Crippen LogP contribution is 2.23. The zero-order valence-electron chi connectivity index (χ0n) is 13.1. The van der Waals surface area contributed by atoms with Crippen molar-refractivity contribution in [1.82, 2.24) is 4.90 Å². The quantitative estimate of drug-likeness (QED) is 0.874. The summed E-state index contributed by atoms with van der Waals surface area (Å²) in [7, 11) is 0. The van der Waals surface area contributed by atoms with Crippen molar-refractivity contribution in [2.45, 2.75) is 57.9 Å². The monoisotopic (exact) mass is 289 g/mol. The molecule has 21 heavy (non-hydrogen) atoms. The van der Waals surface area contributed by atoms with Gasteiger partial charge in [-0.2, -0.15) is 0 Å². The van der Waals surface area contributed by atoms with Gasteiger partial charge < -0.3 is 10.0 Å². The van der Waals surface area contributed by atoms with Crippen molar-refractivity contribution < 1.29 is 9.90 Å². The molecule has 1 saturated carbocycles. The van der Waals surface area contributed by atoms with E-state index in [0.29, 0.717) is 19.0 Å². The highest BCUT2D eigenvalue weighted by atomic mass is 16.3. The first kappa shape index (κ1) is 16.0. The number of carbonyl (C=O) groups excluding carboxylic acids is 1. The van der Waals surface area contributed by atoms with Crippen molar-refractivity contribution in [1.29, 1.82) is 0 Å². The molecule has 1 aliphatic carbocycles. The third kappa shape index (κ3) is 4.57. The average molecular weight is 289 g/mol. The second kappa shape index (κ2) is 8.18. The van der Waals surface area contributed by atoms with E-state index in [0.717, 1.165) is 19.3 Å². The van der Waals surface area contributed by atoms with E-state index in [9.17, 15) is 9.90 Å². The SMILES string of the molecule is Cc1ccccc1CCC(=O)N(CCO)C1CCCCC1. The van der Waals surface area contributed by atoms with Gasteiger partial charge in [-0.25, -0.2) is 0 Å². The van der Waals surface area contributed by atoms with E-state index in [1.807, 2.05) is 17.0 Å². The third-order valence-electron chi connectivity index (χ3n) is 4.55. The molecule has 0 radical (unpaired) electrons. The highest BCUT2D eigenvalue weighted by Gasteiger charge is 2.24. The number of nitrogens with zero attached hydrogens (tertiary/aromatic N) is 1. The number of hydrogen-bond acceptors (Lipinski definition) is 2. The van der Waals surface area contributed by atoms with Crippen molar-refractivity contribution >= 4 is 5.91 Å². The summed E-state index contributed by atoms with van der Waals surface area (Å²) in [6.07, 6.45) is 7.21. The molecule has 0 unspecified atom stereocenters. The standard InChI is InChI=1S/C18H27NO2/c1-15-7-5-6-8-16(15)11-12-18(21)19(13-14-20)17-9-3-2-4-10-17/h5-8,17,20H,2-4,9-14H2,1H3. The minimum absolute atomic E-state index is 0.0621. The van der Waals surface area contributed by atoms with Gasteiger partial charge in [-0.1, -0.05) is 43.5 Å². The Hall–Kier alpha value is -1.35. The van der Waals surface area contributed by atoms with Crippen LogP contribution in [0.3, 0.4) is 0 Å². The van der Waals surface area contributed by atoms with Gasteiger partial charge in [0, 0.05) is 19.0 Å². The maximum absolute atomic E-state index is 12.5. The molecule has 0 saturated heterocycles. The van der Waals surface area contributed by atoms with Gasteiger partial charge >= 0.3 is 0 Å². The maximum Gasteiger partial charge on any atom is 0.223 e. The lowest BCUT2D eigenvalue weighted by Crippen LogP contribution is -2.43. The molecular formula is C18H27NO2. The van der Waals surface area contributed by atoms with Crippen LogP contribution in [0, 0.1) is 6.92 Å². The Morgan fingerprint density at radius 2 is 1.95 bits per heavy atom. The van der Waals surface area contributed by atoms with Crippen molar-refractivity contribution in [3.8, 4) is 0 Å². The molecule has 1 aromatic carbocycles. The molecule has 1 fully saturated rings. The minimum atomic E-state index is 0.0621. The number of benzene rings is 1. The molecule has 116 valence electrons. The molecule has 0 spiro atoms. The van der Waals surface area contributed by atoms with Crippen molar-refractivity contribution in [3.05, 3.63) is 35.4 Å². The van der Waals surface area contributed by atoms with Crippen molar-refractivity contribution in [2.75, 3.05) is 13.2 Å². The molecule has 0 bridgehead atoms. The molecule has 2 rings (SSSR count). The van der Waals surface area contributed by atoms with Gasteiger partial charge in [0.1, 0.15) is 0 Å². The fourth-order valence-electron chi connectivity index (χ4n) is 3.29. The Bertz CT molecular complexity index is 452. The normalized spacial score (nSPS) is 15.9. The lowest BCUT2D eigenvalue weighted by Gasteiger charge is -2.34. The van der Waals surface area contributed by atoms with Crippen LogP contribution in [0.15, 0.2) is 24.3 Å². The van der Waals surface area contributed by atoms with Gasteiger partial charge in [-0.15, -0.1) is 0 Å². The Morgan fingerprint density at radius 1 is 1.24 bits per heavy atom. The van der Waals surface area contributed by atoms with Crippen LogP contribution in [0.2, 0.25) is 0 Å². The fraction of sp³-hybridized carbons (Fsp3) is 0.611. The topological polar surface area (TPSA) is 40.5 Å². The van der Waals surface area contributed by atoms with Crippen LogP contribution in [0.4, 0.5) is 0 Å². The summed E-state index contributed by atoms with van der Waals surface area (Å²) in [6.45, 7) is 2.64. The van der Waals surface area contributed by atoms with Crippen LogP contribution in [0.25, 0.3) is 0 Å². The van der Waals surface area contributed by atoms with Gasteiger partial charge in [-0.05, 0) is 37.3 Å². The number of aliphatic hydroxyl groups is 1. The number of aryl methyl sites for hydroxylation is 2. The minimum Gasteiger partial charge on any atom is -0.395 e. The lowest BCUT2D eigenvalue weighted by atomic mass is 9.93. The van der Waals surface area contributed by atoms with E-state index in [-0.39, 0.29) is 12.5 Å². The van der Waals surface area contributed by atoms with Gasteiger partial charge in [-0.3, -0.25) is 4.79 Å². The number of rotatable bonds is 6. The van der Waals surface area contributed by atoms with E-state index >= 15 is 0 Å². The Kier molecular flexibility index (Phi) is 6.24. The Morgan fingerprint density at radius 3 is 2.62 bits per heavy atom. The molecule has 0 aliphatic heterocycles. The predicted molar refractivity (Wildman–Crippen MR) is 85.2 cm³/mol. The van der Waals surface area contributed by atoms with E-state index in [1.54, 1.807) is 0 Å². The predicted octanol–water partition coefficient (Wildman–Crippen LogP) is 3.08. The zero-order valence-corrected chi connectivity index (χ0v) is 13.1. The number of carbonyl (C=O) groups is 1. The van der Waals surface area contributed by atoms with E-state index in [4.69, 9.17) is 0 Å². The molecule has 0 heterocycles. The number of aliphatic hydroxyl groups excluding tert-OH is 1.